The van der Waals surface area contributed by atoms with Crippen LogP contribution in [0.5, 0.6) is 5.75 Å². The van der Waals surface area contributed by atoms with Crippen molar-refractivity contribution in [1.29, 1.82) is 0 Å². The van der Waals surface area contributed by atoms with Gasteiger partial charge in [-0.15, -0.1) is 0 Å². The van der Waals surface area contributed by atoms with Gasteiger partial charge in [0, 0.05) is 5.02 Å². The quantitative estimate of drug-likeness (QED) is 0.807. The lowest BCUT2D eigenvalue weighted by molar-refractivity contribution is -0.130. The molecule has 0 fully saturated rings. The van der Waals surface area contributed by atoms with Crippen molar-refractivity contribution >= 4 is 33.4 Å². The van der Waals surface area contributed by atoms with E-state index in [1.165, 1.54) is 6.92 Å². The van der Waals surface area contributed by atoms with E-state index in [-0.39, 0.29) is 0 Å². The van der Waals surface area contributed by atoms with Gasteiger partial charge in [0.1, 0.15) is 12.4 Å². The molecule has 8 heteroatoms. The lowest BCUT2D eigenvalue weighted by Crippen LogP contribution is -2.44. The molecule has 2 N–H and O–H groups in total. The zero-order valence-electron chi connectivity index (χ0n) is 10.5. The van der Waals surface area contributed by atoms with Gasteiger partial charge in [-0.25, -0.2) is 8.78 Å². The summed E-state index contributed by atoms with van der Waals surface area (Å²) in [5, 5.41) is 10.9. The lowest BCUT2D eigenvalue weighted by atomic mass is 10.3. The van der Waals surface area contributed by atoms with Crippen molar-refractivity contribution in [3.05, 3.63) is 27.7 Å². The molecule has 1 rings (SSSR count). The second-order valence-electron chi connectivity index (χ2n) is 4.07. The highest BCUT2D eigenvalue weighted by atomic mass is 79.9. The number of hydrogen-bond acceptors (Lipinski definition) is 3. The molecule has 0 aliphatic carbocycles. The van der Waals surface area contributed by atoms with E-state index in [9.17, 15) is 13.6 Å². The number of benzene rings is 1. The first-order valence-corrected chi connectivity index (χ1v) is 6.80. The van der Waals surface area contributed by atoms with Crippen molar-refractivity contribution in [2.75, 3.05) is 13.2 Å². The van der Waals surface area contributed by atoms with E-state index in [2.05, 4.69) is 15.9 Å². The predicted octanol–water partition coefficient (Wildman–Crippen LogP) is 2.61. The monoisotopic (exact) mass is 371 g/mol. The van der Waals surface area contributed by atoms with E-state index in [0.29, 0.717) is 15.2 Å². The van der Waals surface area contributed by atoms with E-state index < -0.39 is 31.1 Å². The molecule has 0 bridgehead atoms. The summed E-state index contributed by atoms with van der Waals surface area (Å²) >= 11 is 8.97. The van der Waals surface area contributed by atoms with Crippen molar-refractivity contribution in [3.8, 4) is 5.75 Å². The van der Waals surface area contributed by atoms with Gasteiger partial charge in [-0.2, -0.15) is 0 Å². The number of alkyl halides is 2. The van der Waals surface area contributed by atoms with E-state index in [0.717, 1.165) is 0 Å². The number of carbonyl (C=O) groups is 1. The molecule has 1 aromatic carbocycles. The molecule has 0 saturated heterocycles. The Balaban J connectivity index is 2.57. The zero-order chi connectivity index (χ0) is 15.3. The number of aliphatic hydroxyl groups is 1. The number of nitrogens with one attached hydrogen (secondary N) is 1. The number of rotatable bonds is 6. The molecule has 1 amide bonds. The van der Waals surface area contributed by atoms with Crippen molar-refractivity contribution in [1.82, 2.24) is 5.32 Å². The van der Waals surface area contributed by atoms with Crippen LogP contribution in [0.2, 0.25) is 5.02 Å². The summed E-state index contributed by atoms with van der Waals surface area (Å²) in [4.78, 5) is 11.6. The number of hydrogen-bond donors (Lipinski definition) is 2. The number of carbonyl (C=O) groups excluding carboxylic acids is 1. The number of amides is 1. The highest BCUT2D eigenvalue weighted by molar-refractivity contribution is 9.10. The van der Waals surface area contributed by atoms with Crippen LogP contribution < -0.4 is 10.1 Å². The summed E-state index contributed by atoms with van der Waals surface area (Å²) in [5.74, 6) is -3.69. The van der Waals surface area contributed by atoms with E-state index >= 15 is 0 Å². The molecule has 1 unspecified atom stereocenters. The molecule has 20 heavy (non-hydrogen) atoms. The third-order valence-electron chi connectivity index (χ3n) is 2.32. The summed E-state index contributed by atoms with van der Waals surface area (Å²) < 4.78 is 31.5. The van der Waals surface area contributed by atoms with Gasteiger partial charge in [-0.05, 0) is 41.1 Å². The molecular weight excluding hydrogens is 359 g/mol. The average Bonchev–Trinajstić information content (AvgIpc) is 2.39. The van der Waals surface area contributed by atoms with Gasteiger partial charge in [0.25, 0.3) is 11.8 Å². The van der Waals surface area contributed by atoms with Gasteiger partial charge < -0.3 is 15.2 Å². The third kappa shape index (κ3) is 5.22. The van der Waals surface area contributed by atoms with E-state index in [1.807, 2.05) is 5.32 Å². The lowest BCUT2D eigenvalue weighted by Gasteiger charge is -2.18. The minimum absolute atomic E-state index is 0.367. The average molecular weight is 373 g/mol. The highest BCUT2D eigenvalue weighted by Gasteiger charge is 2.29. The normalized spacial score (nSPS) is 12.9. The van der Waals surface area contributed by atoms with Crippen LogP contribution in [0.1, 0.15) is 6.92 Å². The summed E-state index contributed by atoms with van der Waals surface area (Å²) in [6.07, 6.45) is -0.970. The first-order valence-electron chi connectivity index (χ1n) is 5.63. The minimum Gasteiger partial charge on any atom is -0.480 e. The fourth-order valence-electron chi connectivity index (χ4n) is 1.23. The summed E-state index contributed by atoms with van der Waals surface area (Å²) in [7, 11) is 0. The van der Waals surface area contributed by atoms with E-state index in [1.54, 1.807) is 18.2 Å². The second kappa shape index (κ2) is 7.19. The molecule has 0 saturated carbocycles. The van der Waals surface area contributed by atoms with Crippen LogP contribution >= 0.6 is 27.5 Å². The van der Waals surface area contributed by atoms with Crippen LogP contribution in [0.4, 0.5) is 8.78 Å². The summed E-state index contributed by atoms with van der Waals surface area (Å²) in [6, 6.07) is 4.71. The minimum atomic E-state index is -3.35. The number of ether oxygens (including phenoxy) is 1. The maximum Gasteiger partial charge on any atom is 0.287 e. The first-order chi connectivity index (χ1) is 9.25. The Morgan fingerprint density at radius 3 is 2.80 bits per heavy atom. The largest absolute Gasteiger partial charge is 0.480 e. The molecule has 0 spiro atoms. The van der Waals surface area contributed by atoms with Gasteiger partial charge in [-0.1, -0.05) is 11.6 Å². The van der Waals surface area contributed by atoms with Crippen LogP contribution in [-0.4, -0.2) is 36.2 Å². The van der Waals surface area contributed by atoms with Gasteiger partial charge in [-0.3, -0.25) is 4.79 Å². The Morgan fingerprint density at radius 1 is 1.60 bits per heavy atom. The number of aliphatic hydroxyl groups excluding tert-OH is 1. The highest BCUT2D eigenvalue weighted by Crippen LogP contribution is 2.28. The van der Waals surface area contributed by atoms with Gasteiger partial charge >= 0.3 is 0 Å². The molecule has 0 aromatic heterocycles. The SMILES string of the molecule is CC(Oc1ccc(Cl)cc1Br)C(=O)NCC(F)(F)CO. The van der Waals surface area contributed by atoms with Crippen molar-refractivity contribution < 1.29 is 23.4 Å². The van der Waals surface area contributed by atoms with Gasteiger partial charge in [0.15, 0.2) is 6.10 Å². The Labute approximate surface area is 128 Å². The van der Waals surface area contributed by atoms with Crippen LogP contribution in [0, 0.1) is 0 Å². The molecule has 0 heterocycles. The number of halogens is 4. The standard InChI is InChI=1S/C12H13BrClF2NO3/c1-7(11(19)17-5-12(15,16)6-18)20-10-3-2-8(14)4-9(10)13/h2-4,7,18H,5-6H2,1H3,(H,17,19). The molecule has 0 aliphatic heterocycles. The smallest absolute Gasteiger partial charge is 0.287 e. The second-order valence-corrected chi connectivity index (χ2v) is 5.36. The summed E-state index contributed by atoms with van der Waals surface area (Å²) in [6.45, 7) is -0.851. The van der Waals surface area contributed by atoms with Crippen molar-refractivity contribution in [2.45, 2.75) is 19.0 Å². The van der Waals surface area contributed by atoms with Crippen LogP contribution in [0.25, 0.3) is 0 Å². The fourth-order valence-corrected chi connectivity index (χ4v) is 2.01. The molecule has 4 nitrogen and oxygen atoms in total. The molecule has 0 radical (unpaired) electrons. The Kier molecular flexibility index (Phi) is 6.16. The van der Waals surface area contributed by atoms with Crippen LogP contribution in [0.3, 0.4) is 0 Å². The molecule has 0 aliphatic rings. The van der Waals surface area contributed by atoms with Crippen LogP contribution in [0.15, 0.2) is 22.7 Å². The Bertz CT molecular complexity index is 488. The first kappa shape index (κ1) is 17.1. The Morgan fingerprint density at radius 2 is 2.25 bits per heavy atom. The van der Waals surface area contributed by atoms with E-state index in [4.69, 9.17) is 21.4 Å². The van der Waals surface area contributed by atoms with Crippen molar-refractivity contribution in [3.63, 3.8) is 0 Å². The topological polar surface area (TPSA) is 58.6 Å². The molecule has 1 atom stereocenters. The molecule has 112 valence electrons. The zero-order valence-corrected chi connectivity index (χ0v) is 12.8. The van der Waals surface area contributed by atoms with Crippen LogP contribution in [-0.2, 0) is 4.79 Å². The van der Waals surface area contributed by atoms with Gasteiger partial charge in [0.05, 0.1) is 11.0 Å². The fraction of sp³-hybridized carbons (Fsp3) is 0.417. The predicted molar refractivity (Wildman–Crippen MR) is 74.3 cm³/mol. The van der Waals surface area contributed by atoms with Crippen molar-refractivity contribution in [2.24, 2.45) is 0 Å². The van der Waals surface area contributed by atoms with Gasteiger partial charge in [0.2, 0.25) is 0 Å². The maximum absolute atomic E-state index is 12.8. The molecular formula is C12H13BrClF2NO3. The molecule has 1 aromatic rings. The maximum atomic E-state index is 12.8. The Hall–Kier alpha value is -0.920. The third-order valence-corrected chi connectivity index (χ3v) is 3.17. The summed E-state index contributed by atoms with van der Waals surface area (Å²) in [5.41, 5.74) is 0.